The number of hydrogen-bond donors (Lipinski definition) is 1. The van der Waals surface area contributed by atoms with E-state index in [-0.39, 0.29) is 10.8 Å². The molecule has 2 rings (SSSR count). The van der Waals surface area contributed by atoms with Crippen LogP contribution in [0.25, 0.3) is 0 Å². The van der Waals surface area contributed by atoms with Crippen LogP contribution in [-0.2, 0) is 26.9 Å². The van der Waals surface area contributed by atoms with Crippen LogP contribution in [0.3, 0.4) is 0 Å². The second-order valence-corrected chi connectivity index (χ2v) is 8.70. The average molecular weight is 357 g/mol. The Morgan fingerprint density at radius 2 is 1.62 bits per heavy atom. The number of phenols is 1. The standard InChI is InChI=1S/C22H31NO3/c1-21(2,3)17-11-16(12-18(19(17)24)22(4,5)6)20(25-7)26-14-15-9-8-10-23-13-15/h8-13,20,24H,14H2,1-7H3. The van der Waals surface area contributed by atoms with E-state index < -0.39 is 6.29 Å². The second kappa shape index (κ2) is 7.77. The van der Waals surface area contributed by atoms with Crippen LogP contribution in [0.4, 0.5) is 0 Å². The SMILES string of the molecule is COC(OCc1cccnc1)c1cc(C(C)(C)C)c(O)c(C(C)(C)C)c1. The van der Waals surface area contributed by atoms with E-state index in [2.05, 4.69) is 46.5 Å². The molecule has 26 heavy (non-hydrogen) atoms. The third kappa shape index (κ3) is 4.83. The molecule has 0 radical (unpaired) electrons. The summed E-state index contributed by atoms with van der Waals surface area (Å²) in [6.45, 7) is 13.0. The Morgan fingerprint density at radius 3 is 2.04 bits per heavy atom. The Bertz CT molecular complexity index is 692. The van der Waals surface area contributed by atoms with Gasteiger partial charge < -0.3 is 14.6 Å². The molecule has 1 aromatic carbocycles. The Balaban J connectivity index is 2.42. The summed E-state index contributed by atoms with van der Waals surface area (Å²) < 4.78 is 11.6. The molecular formula is C22H31NO3. The van der Waals surface area contributed by atoms with Gasteiger partial charge in [0.15, 0.2) is 6.29 Å². The van der Waals surface area contributed by atoms with Gasteiger partial charge in [-0.1, -0.05) is 47.6 Å². The summed E-state index contributed by atoms with van der Waals surface area (Å²) in [4.78, 5) is 4.11. The Labute approximate surface area is 157 Å². The lowest BCUT2D eigenvalue weighted by molar-refractivity contribution is -0.136. The van der Waals surface area contributed by atoms with Gasteiger partial charge in [0.05, 0.1) is 6.61 Å². The van der Waals surface area contributed by atoms with Gasteiger partial charge in [0, 0.05) is 25.1 Å². The predicted octanol–water partition coefficient (Wildman–Crippen LogP) is 5.24. The van der Waals surface area contributed by atoms with Gasteiger partial charge >= 0.3 is 0 Å². The Hall–Kier alpha value is -1.91. The van der Waals surface area contributed by atoms with Crippen LogP contribution in [0, 0.1) is 0 Å². The van der Waals surface area contributed by atoms with E-state index in [1.54, 1.807) is 19.5 Å². The summed E-state index contributed by atoms with van der Waals surface area (Å²) in [7, 11) is 1.63. The molecule has 0 spiro atoms. The first-order chi connectivity index (χ1) is 12.0. The van der Waals surface area contributed by atoms with Gasteiger partial charge in [-0.25, -0.2) is 0 Å². The highest BCUT2D eigenvalue weighted by Crippen LogP contribution is 2.41. The number of benzene rings is 1. The summed E-state index contributed by atoms with van der Waals surface area (Å²) in [5.74, 6) is 0.357. The molecule has 1 atom stereocenters. The lowest BCUT2D eigenvalue weighted by atomic mass is 9.78. The van der Waals surface area contributed by atoms with Crippen LogP contribution in [0.15, 0.2) is 36.7 Å². The van der Waals surface area contributed by atoms with Crippen LogP contribution in [-0.4, -0.2) is 17.2 Å². The first kappa shape index (κ1) is 20.4. The highest BCUT2D eigenvalue weighted by atomic mass is 16.7. The molecule has 1 heterocycles. The first-order valence-corrected chi connectivity index (χ1v) is 8.95. The number of pyridine rings is 1. The third-order valence-electron chi connectivity index (χ3n) is 4.36. The van der Waals surface area contributed by atoms with Crippen LogP contribution >= 0.6 is 0 Å². The van der Waals surface area contributed by atoms with E-state index in [0.29, 0.717) is 12.4 Å². The smallest absolute Gasteiger partial charge is 0.183 e. The third-order valence-corrected chi connectivity index (χ3v) is 4.36. The summed E-state index contributed by atoms with van der Waals surface area (Å²) in [6, 6.07) is 7.83. The zero-order valence-corrected chi connectivity index (χ0v) is 17.0. The van der Waals surface area contributed by atoms with E-state index in [9.17, 15) is 5.11 Å². The summed E-state index contributed by atoms with van der Waals surface area (Å²) in [5, 5.41) is 10.9. The molecule has 0 saturated carbocycles. The lowest BCUT2D eigenvalue weighted by Crippen LogP contribution is -2.19. The molecular weight excluding hydrogens is 326 g/mol. The molecule has 0 aliphatic rings. The molecule has 0 aliphatic carbocycles. The highest BCUT2D eigenvalue weighted by molar-refractivity contribution is 5.50. The fourth-order valence-corrected chi connectivity index (χ4v) is 2.89. The van der Waals surface area contributed by atoms with Gasteiger partial charge in [-0.3, -0.25) is 4.98 Å². The van der Waals surface area contributed by atoms with E-state index in [4.69, 9.17) is 9.47 Å². The van der Waals surface area contributed by atoms with Crippen molar-refractivity contribution in [3.05, 3.63) is 58.9 Å². The molecule has 0 saturated heterocycles. The number of rotatable bonds is 5. The molecule has 1 aromatic heterocycles. The van der Waals surface area contributed by atoms with Gasteiger partial charge in [0.25, 0.3) is 0 Å². The predicted molar refractivity (Wildman–Crippen MR) is 104 cm³/mol. The maximum absolute atomic E-state index is 10.9. The maximum Gasteiger partial charge on any atom is 0.183 e. The number of ether oxygens (including phenoxy) is 2. The molecule has 4 heteroatoms. The van der Waals surface area contributed by atoms with E-state index >= 15 is 0 Å². The lowest BCUT2D eigenvalue weighted by Gasteiger charge is -2.29. The molecule has 1 N–H and O–H groups in total. The number of aromatic hydroxyl groups is 1. The van der Waals surface area contributed by atoms with Crippen molar-refractivity contribution in [1.29, 1.82) is 0 Å². The van der Waals surface area contributed by atoms with Crippen molar-refractivity contribution < 1.29 is 14.6 Å². The van der Waals surface area contributed by atoms with Gasteiger partial charge in [0.2, 0.25) is 0 Å². The largest absolute Gasteiger partial charge is 0.507 e. The van der Waals surface area contributed by atoms with E-state index in [1.165, 1.54) is 0 Å². The molecule has 0 bridgehead atoms. The highest BCUT2D eigenvalue weighted by Gasteiger charge is 2.28. The molecule has 2 aromatic rings. The van der Waals surface area contributed by atoms with Crippen LogP contribution in [0.5, 0.6) is 5.75 Å². The number of hydrogen-bond acceptors (Lipinski definition) is 4. The fourth-order valence-electron chi connectivity index (χ4n) is 2.89. The van der Waals surface area contributed by atoms with Crippen molar-refractivity contribution in [3.8, 4) is 5.75 Å². The van der Waals surface area contributed by atoms with Crippen LogP contribution in [0.2, 0.25) is 0 Å². The monoisotopic (exact) mass is 357 g/mol. The van der Waals surface area contributed by atoms with Crippen molar-refractivity contribution in [2.24, 2.45) is 0 Å². The van der Waals surface area contributed by atoms with Crippen LogP contribution in [0.1, 0.15) is 70.1 Å². The van der Waals surface area contributed by atoms with Crippen LogP contribution < -0.4 is 0 Å². The molecule has 0 amide bonds. The number of aromatic nitrogens is 1. The molecule has 142 valence electrons. The maximum atomic E-state index is 10.9. The minimum Gasteiger partial charge on any atom is -0.507 e. The Morgan fingerprint density at radius 1 is 1.04 bits per heavy atom. The van der Waals surface area contributed by atoms with Gasteiger partial charge in [-0.05, 0) is 45.7 Å². The van der Waals surface area contributed by atoms with E-state index in [1.807, 2.05) is 24.3 Å². The van der Waals surface area contributed by atoms with Gasteiger partial charge in [-0.2, -0.15) is 0 Å². The summed E-state index contributed by atoms with van der Waals surface area (Å²) in [6.07, 6.45) is 3.01. The minimum absolute atomic E-state index is 0.193. The molecule has 4 nitrogen and oxygen atoms in total. The first-order valence-electron chi connectivity index (χ1n) is 8.95. The van der Waals surface area contributed by atoms with Crippen molar-refractivity contribution in [1.82, 2.24) is 4.98 Å². The number of nitrogens with zero attached hydrogens (tertiary/aromatic N) is 1. The zero-order chi connectivity index (χ0) is 19.5. The number of phenolic OH excluding ortho intramolecular Hbond substituents is 1. The topological polar surface area (TPSA) is 51.6 Å². The summed E-state index contributed by atoms with van der Waals surface area (Å²) >= 11 is 0. The minimum atomic E-state index is -0.516. The zero-order valence-electron chi connectivity index (χ0n) is 17.0. The second-order valence-electron chi connectivity index (χ2n) is 8.70. The molecule has 0 aliphatic heterocycles. The van der Waals surface area contributed by atoms with Crippen molar-refractivity contribution >= 4 is 0 Å². The van der Waals surface area contributed by atoms with Crippen molar-refractivity contribution in [2.75, 3.05) is 7.11 Å². The van der Waals surface area contributed by atoms with Gasteiger partial charge in [0.1, 0.15) is 5.75 Å². The molecule has 0 fully saturated rings. The summed E-state index contributed by atoms with van der Waals surface area (Å²) in [5.41, 5.74) is 3.30. The van der Waals surface area contributed by atoms with Crippen molar-refractivity contribution in [2.45, 2.75) is 65.3 Å². The van der Waals surface area contributed by atoms with Crippen molar-refractivity contribution in [3.63, 3.8) is 0 Å². The van der Waals surface area contributed by atoms with Gasteiger partial charge in [-0.15, -0.1) is 0 Å². The normalized spacial score (nSPS) is 13.7. The number of methoxy groups -OCH3 is 1. The molecule has 1 unspecified atom stereocenters. The quantitative estimate of drug-likeness (QED) is 0.743. The average Bonchev–Trinajstić information content (AvgIpc) is 2.55. The van der Waals surface area contributed by atoms with E-state index in [0.717, 1.165) is 22.3 Å². The fraction of sp³-hybridized carbons (Fsp3) is 0.500. The Kier molecular flexibility index (Phi) is 6.09.